The zero-order valence-electron chi connectivity index (χ0n) is 9.21. The first-order valence-electron chi connectivity index (χ1n) is 4.87. The molecule has 0 bridgehead atoms. The van der Waals surface area contributed by atoms with Crippen LogP contribution >= 0.6 is 11.6 Å². The monoisotopic (exact) mass is 296 g/mol. The van der Waals surface area contributed by atoms with Gasteiger partial charge in [0.2, 0.25) is 0 Å². The fourth-order valence-corrected chi connectivity index (χ4v) is 1.49. The average Bonchev–Trinajstić information content (AvgIpc) is 2.33. The summed E-state index contributed by atoms with van der Waals surface area (Å²) in [5.41, 5.74) is 6.49. The van der Waals surface area contributed by atoms with Crippen LogP contribution in [0.15, 0.2) is 17.2 Å². The maximum Gasteiger partial charge on any atom is 0.433 e. The molecule has 1 rings (SSSR count). The summed E-state index contributed by atoms with van der Waals surface area (Å²) in [7, 11) is 0. The van der Waals surface area contributed by atoms with Crippen LogP contribution in [0.25, 0.3) is 10.4 Å². The summed E-state index contributed by atoms with van der Waals surface area (Å²) in [6.45, 7) is -0.487. The molecule has 19 heavy (non-hydrogen) atoms. The maximum absolute atomic E-state index is 12.5. The molecule has 0 fully saturated rings. The van der Waals surface area contributed by atoms with Crippen molar-refractivity contribution in [2.75, 3.05) is 6.54 Å². The van der Waals surface area contributed by atoms with Gasteiger partial charge in [0.05, 0.1) is 12.6 Å². The van der Waals surface area contributed by atoms with Crippen molar-refractivity contribution in [1.82, 2.24) is 4.98 Å². The molecule has 0 aliphatic carbocycles. The number of hydrogen-bond acceptors (Lipinski definition) is 4. The molecule has 0 saturated carbocycles. The number of aromatic nitrogens is 1. The highest BCUT2D eigenvalue weighted by atomic mass is 35.5. The average molecular weight is 297 g/mol. The Kier molecular flexibility index (Phi) is 4.96. The molecule has 1 aromatic heterocycles. The zero-order chi connectivity index (χ0) is 14.6. The number of aliphatic hydroxyl groups excluding tert-OH is 2. The Morgan fingerprint density at radius 1 is 1.42 bits per heavy atom. The fourth-order valence-electron chi connectivity index (χ4n) is 1.27. The standard InChI is InChI=1S/C9H8ClF3N4O2/c10-7-2-4(1-6(16-7)9(11,12)13)8(19)5(18)3-15-17-14/h1-2,5,8,18-19H,3H2. The second-order valence-corrected chi connectivity index (χ2v) is 3.92. The topological polar surface area (TPSA) is 102 Å². The number of halogens is 4. The Labute approximate surface area is 110 Å². The van der Waals surface area contributed by atoms with Gasteiger partial charge in [0.15, 0.2) is 0 Å². The lowest BCUT2D eigenvalue weighted by molar-refractivity contribution is -0.141. The molecule has 104 valence electrons. The molecule has 1 aromatic rings. The van der Waals surface area contributed by atoms with Crippen LogP contribution < -0.4 is 0 Å². The van der Waals surface area contributed by atoms with Crippen molar-refractivity contribution in [2.45, 2.75) is 18.4 Å². The molecule has 6 nitrogen and oxygen atoms in total. The van der Waals surface area contributed by atoms with Crippen molar-refractivity contribution < 1.29 is 23.4 Å². The number of azide groups is 1. The van der Waals surface area contributed by atoms with Gasteiger partial charge in [-0.15, -0.1) is 0 Å². The van der Waals surface area contributed by atoms with Gasteiger partial charge in [-0.05, 0) is 23.2 Å². The smallest absolute Gasteiger partial charge is 0.390 e. The van der Waals surface area contributed by atoms with Crippen molar-refractivity contribution >= 4 is 11.6 Å². The highest BCUT2D eigenvalue weighted by Crippen LogP contribution is 2.31. The van der Waals surface area contributed by atoms with Crippen LogP contribution in [0.4, 0.5) is 13.2 Å². The molecule has 0 amide bonds. The lowest BCUT2D eigenvalue weighted by Crippen LogP contribution is -2.22. The Morgan fingerprint density at radius 3 is 2.58 bits per heavy atom. The van der Waals surface area contributed by atoms with Crippen LogP contribution in [0.1, 0.15) is 17.4 Å². The minimum Gasteiger partial charge on any atom is -0.390 e. The van der Waals surface area contributed by atoms with Gasteiger partial charge in [0, 0.05) is 4.91 Å². The van der Waals surface area contributed by atoms with Crippen molar-refractivity contribution in [3.8, 4) is 0 Å². The number of aliphatic hydroxyl groups is 2. The number of hydrogen-bond donors (Lipinski definition) is 2. The summed E-state index contributed by atoms with van der Waals surface area (Å²) in [4.78, 5) is 5.44. The normalized spacial score (nSPS) is 14.6. The van der Waals surface area contributed by atoms with E-state index < -0.39 is 35.8 Å². The third-order valence-corrected chi connectivity index (χ3v) is 2.34. The Morgan fingerprint density at radius 2 is 2.05 bits per heavy atom. The predicted molar refractivity (Wildman–Crippen MR) is 59.2 cm³/mol. The first kappa shape index (κ1) is 15.5. The third-order valence-electron chi connectivity index (χ3n) is 2.14. The van der Waals surface area contributed by atoms with E-state index in [0.29, 0.717) is 6.07 Å². The number of pyridine rings is 1. The molecule has 0 saturated heterocycles. The van der Waals surface area contributed by atoms with Gasteiger partial charge >= 0.3 is 6.18 Å². The largest absolute Gasteiger partial charge is 0.433 e. The van der Waals surface area contributed by atoms with E-state index in [2.05, 4.69) is 15.0 Å². The van der Waals surface area contributed by atoms with E-state index in [-0.39, 0.29) is 5.56 Å². The molecule has 0 spiro atoms. The van der Waals surface area contributed by atoms with Gasteiger partial charge in [-0.2, -0.15) is 13.2 Å². The van der Waals surface area contributed by atoms with Crippen molar-refractivity contribution in [2.24, 2.45) is 5.11 Å². The Bertz CT molecular complexity index is 505. The van der Waals surface area contributed by atoms with E-state index in [1.807, 2.05) is 0 Å². The van der Waals surface area contributed by atoms with Gasteiger partial charge in [-0.1, -0.05) is 16.7 Å². The Hall–Kier alpha value is -1.54. The van der Waals surface area contributed by atoms with Crippen molar-refractivity contribution in [1.29, 1.82) is 0 Å². The molecule has 2 N–H and O–H groups in total. The fraction of sp³-hybridized carbons (Fsp3) is 0.444. The molecule has 2 atom stereocenters. The van der Waals surface area contributed by atoms with Crippen molar-refractivity contribution in [3.05, 3.63) is 39.0 Å². The first-order chi connectivity index (χ1) is 8.75. The summed E-state index contributed by atoms with van der Waals surface area (Å²) >= 11 is 5.42. The minimum absolute atomic E-state index is 0.270. The quantitative estimate of drug-likeness (QED) is 0.386. The summed E-state index contributed by atoms with van der Waals surface area (Å²) in [5, 5.41) is 21.6. The molecule has 0 aromatic carbocycles. The predicted octanol–water partition coefficient (Wildman–Crippen LogP) is 2.46. The van der Waals surface area contributed by atoms with Crippen LogP contribution in [-0.4, -0.2) is 27.8 Å². The molecule has 1 heterocycles. The van der Waals surface area contributed by atoms with Crippen LogP contribution in [0, 0.1) is 0 Å². The number of alkyl halides is 3. The van der Waals surface area contributed by atoms with E-state index in [4.69, 9.17) is 17.1 Å². The summed E-state index contributed by atoms with van der Waals surface area (Å²) in [6.07, 6.45) is -7.95. The van der Waals surface area contributed by atoms with Gasteiger partial charge in [-0.3, -0.25) is 0 Å². The number of rotatable bonds is 4. The second kappa shape index (κ2) is 6.07. The summed E-state index contributed by atoms with van der Waals surface area (Å²) in [6, 6.07) is 1.55. The van der Waals surface area contributed by atoms with E-state index in [1.165, 1.54) is 0 Å². The second-order valence-electron chi connectivity index (χ2n) is 3.53. The minimum atomic E-state index is -4.73. The van der Waals surface area contributed by atoms with E-state index >= 15 is 0 Å². The van der Waals surface area contributed by atoms with Crippen LogP contribution in [0.3, 0.4) is 0 Å². The third kappa shape index (κ3) is 4.25. The van der Waals surface area contributed by atoms with E-state index in [0.717, 1.165) is 6.07 Å². The van der Waals surface area contributed by atoms with Crippen LogP contribution in [0.5, 0.6) is 0 Å². The number of nitrogens with zero attached hydrogens (tertiary/aromatic N) is 4. The molecular weight excluding hydrogens is 289 g/mol. The summed E-state index contributed by atoms with van der Waals surface area (Å²) < 4.78 is 37.4. The zero-order valence-corrected chi connectivity index (χ0v) is 9.97. The Balaban J connectivity index is 3.06. The molecule has 10 heteroatoms. The molecular formula is C9H8ClF3N4O2. The highest BCUT2D eigenvalue weighted by molar-refractivity contribution is 6.29. The van der Waals surface area contributed by atoms with Gasteiger partial charge in [0.1, 0.15) is 17.0 Å². The van der Waals surface area contributed by atoms with Crippen molar-refractivity contribution in [3.63, 3.8) is 0 Å². The molecule has 2 unspecified atom stereocenters. The van der Waals surface area contributed by atoms with Gasteiger partial charge in [-0.25, -0.2) is 4.98 Å². The van der Waals surface area contributed by atoms with E-state index in [9.17, 15) is 23.4 Å². The molecule has 0 aliphatic rings. The molecule has 0 radical (unpaired) electrons. The van der Waals surface area contributed by atoms with Gasteiger partial charge < -0.3 is 10.2 Å². The van der Waals surface area contributed by atoms with E-state index in [1.54, 1.807) is 0 Å². The lowest BCUT2D eigenvalue weighted by atomic mass is 10.0. The van der Waals surface area contributed by atoms with Crippen LogP contribution in [-0.2, 0) is 6.18 Å². The highest BCUT2D eigenvalue weighted by Gasteiger charge is 2.34. The SMILES string of the molecule is [N-]=[N+]=NCC(O)C(O)c1cc(Cl)nc(C(F)(F)F)c1. The first-order valence-corrected chi connectivity index (χ1v) is 5.25. The summed E-state index contributed by atoms with van der Waals surface area (Å²) in [5.74, 6) is 0. The van der Waals surface area contributed by atoms with Gasteiger partial charge in [0.25, 0.3) is 0 Å². The molecule has 0 aliphatic heterocycles. The van der Waals surface area contributed by atoms with Crippen LogP contribution in [0.2, 0.25) is 5.15 Å². The maximum atomic E-state index is 12.5. The lowest BCUT2D eigenvalue weighted by Gasteiger charge is -2.17.